The molecule has 0 saturated carbocycles. The maximum atomic E-state index is 12.7. The van der Waals surface area contributed by atoms with Crippen molar-refractivity contribution < 1.29 is 8.42 Å². The number of nitrogens with one attached hydrogen (secondary N) is 2. The van der Waals surface area contributed by atoms with E-state index in [-0.39, 0.29) is 6.04 Å². The lowest BCUT2D eigenvalue weighted by atomic mass is 10.0. The largest absolute Gasteiger partial charge is 0.311 e. The Bertz CT molecular complexity index is 648. The number of aryl methyl sites for hydroxylation is 2. The number of piperidine rings is 1. The lowest BCUT2D eigenvalue weighted by molar-refractivity contribution is 0.345. The number of rotatable bonds is 3. The SMILES string of the molecule is Cc1cc(S(=O)(=O)NC2CC3CCC(C2)N3)c(C)cc1Br. The first-order valence-corrected chi connectivity index (χ1v) is 9.68. The average Bonchev–Trinajstić information content (AvgIpc) is 2.72. The van der Waals surface area contributed by atoms with Crippen LogP contribution in [0.15, 0.2) is 21.5 Å². The number of hydrogen-bond acceptors (Lipinski definition) is 3. The van der Waals surface area contributed by atoms with Crippen molar-refractivity contribution in [2.45, 2.75) is 62.6 Å². The number of halogens is 1. The smallest absolute Gasteiger partial charge is 0.241 e. The van der Waals surface area contributed by atoms with Crippen molar-refractivity contribution >= 4 is 26.0 Å². The molecule has 2 bridgehead atoms. The molecule has 0 spiro atoms. The fourth-order valence-electron chi connectivity index (χ4n) is 3.48. The van der Waals surface area contributed by atoms with E-state index in [1.807, 2.05) is 19.9 Å². The molecular formula is C15H21BrN2O2S. The van der Waals surface area contributed by atoms with E-state index in [1.165, 1.54) is 12.8 Å². The molecule has 6 heteroatoms. The lowest BCUT2D eigenvalue weighted by Gasteiger charge is -2.29. The fraction of sp³-hybridized carbons (Fsp3) is 0.600. The van der Waals surface area contributed by atoms with E-state index in [4.69, 9.17) is 0 Å². The number of hydrogen-bond donors (Lipinski definition) is 2. The number of sulfonamides is 1. The highest BCUT2D eigenvalue weighted by Crippen LogP contribution is 2.29. The van der Waals surface area contributed by atoms with Crippen molar-refractivity contribution in [1.82, 2.24) is 10.0 Å². The Morgan fingerprint density at radius 2 is 1.76 bits per heavy atom. The van der Waals surface area contributed by atoms with Crippen LogP contribution in [0.3, 0.4) is 0 Å². The van der Waals surface area contributed by atoms with Gasteiger partial charge in [0.2, 0.25) is 10.0 Å². The summed E-state index contributed by atoms with van der Waals surface area (Å²) in [5.74, 6) is 0. The van der Waals surface area contributed by atoms with Crippen molar-refractivity contribution in [2.75, 3.05) is 0 Å². The molecule has 1 aromatic carbocycles. The highest BCUT2D eigenvalue weighted by Gasteiger charge is 2.35. The Balaban J connectivity index is 1.82. The van der Waals surface area contributed by atoms with Crippen LogP contribution in [-0.2, 0) is 10.0 Å². The Kier molecular flexibility index (Phi) is 4.16. The Hall–Kier alpha value is -0.430. The van der Waals surface area contributed by atoms with E-state index in [1.54, 1.807) is 6.07 Å². The predicted octanol–water partition coefficient (Wildman–Crippen LogP) is 2.63. The average molecular weight is 373 g/mol. The molecule has 1 aromatic rings. The van der Waals surface area contributed by atoms with Gasteiger partial charge in [-0.2, -0.15) is 0 Å². The molecule has 2 unspecified atom stereocenters. The lowest BCUT2D eigenvalue weighted by Crippen LogP contribution is -2.48. The second-order valence-corrected chi connectivity index (χ2v) is 8.83. The van der Waals surface area contributed by atoms with Gasteiger partial charge in [-0.25, -0.2) is 13.1 Å². The van der Waals surface area contributed by atoms with Crippen LogP contribution in [-0.4, -0.2) is 26.5 Å². The quantitative estimate of drug-likeness (QED) is 0.857. The molecule has 2 N–H and O–H groups in total. The van der Waals surface area contributed by atoms with Crippen LogP contribution in [0.5, 0.6) is 0 Å². The van der Waals surface area contributed by atoms with E-state index in [0.29, 0.717) is 17.0 Å². The molecule has 116 valence electrons. The molecule has 0 aliphatic carbocycles. The third-order valence-electron chi connectivity index (χ3n) is 4.54. The van der Waals surface area contributed by atoms with Gasteiger partial charge in [0.25, 0.3) is 0 Å². The molecular weight excluding hydrogens is 352 g/mol. The van der Waals surface area contributed by atoms with E-state index in [0.717, 1.165) is 28.4 Å². The minimum Gasteiger partial charge on any atom is -0.311 e. The summed E-state index contributed by atoms with van der Waals surface area (Å²) in [5, 5.41) is 3.53. The van der Waals surface area contributed by atoms with Gasteiger partial charge in [0.05, 0.1) is 4.90 Å². The van der Waals surface area contributed by atoms with Crippen LogP contribution in [0.1, 0.15) is 36.8 Å². The van der Waals surface area contributed by atoms with Gasteiger partial charge in [0.1, 0.15) is 0 Å². The monoisotopic (exact) mass is 372 g/mol. The molecule has 2 aliphatic heterocycles. The third kappa shape index (κ3) is 3.18. The molecule has 0 amide bonds. The summed E-state index contributed by atoms with van der Waals surface area (Å²) in [6.07, 6.45) is 4.12. The highest BCUT2D eigenvalue weighted by atomic mass is 79.9. The summed E-state index contributed by atoms with van der Waals surface area (Å²) in [7, 11) is -3.45. The molecule has 0 aromatic heterocycles. The molecule has 2 fully saturated rings. The Morgan fingerprint density at radius 3 is 2.38 bits per heavy atom. The summed E-state index contributed by atoms with van der Waals surface area (Å²) >= 11 is 3.45. The zero-order valence-electron chi connectivity index (χ0n) is 12.3. The number of benzene rings is 1. The molecule has 3 rings (SSSR count). The van der Waals surface area contributed by atoms with Crippen molar-refractivity contribution in [1.29, 1.82) is 0 Å². The van der Waals surface area contributed by atoms with Crippen LogP contribution < -0.4 is 10.0 Å². The summed E-state index contributed by atoms with van der Waals surface area (Å²) in [5.41, 5.74) is 1.71. The second kappa shape index (κ2) is 5.65. The van der Waals surface area contributed by atoms with Crippen molar-refractivity contribution in [2.24, 2.45) is 0 Å². The van der Waals surface area contributed by atoms with Crippen LogP contribution >= 0.6 is 15.9 Å². The van der Waals surface area contributed by atoms with Crippen LogP contribution in [0.2, 0.25) is 0 Å². The standard InChI is InChI=1S/C15H21BrN2O2S/c1-9-6-15(10(2)5-14(9)16)21(19,20)18-13-7-11-3-4-12(8-13)17-11/h5-6,11-13,17-18H,3-4,7-8H2,1-2H3. The normalized spacial score (nSPS) is 28.8. The van der Waals surface area contributed by atoms with Gasteiger partial charge >= 0.3 is 0 Å². The van der Waals surface area contributed by atoms with Gasteiger partial charge in [-0.15, -0.1) is 0 Å². The van der Waals surface area contributed by atoms with Gasteiger partial charge in [-0.1, -0.05) is 15.9 Å². The molecule has 0 radical (unpaired) electrons. The van der Waals surface area contributed by atoms with Crippen molar-refractivity contribution in [3.63, 3.8) is 0 Å². The summed E-state index contributed by atoms with van der Waals surface area (Å²) < 4.78 is 29.2. The third-order valence-corrected chi connectivity index (χ3v) is 7.06. The minimum absolute atomic E-state index is 0.0529. The topological polar surface area (TPSA) is 58.2 Å². The molecule has 4 nitrogen and oxygen atoms in total. The maximum absolute atomic E-state index is 12.7. The van der Waals surface area contributed by atoms with Crippen LogP contribution in [0, 0.1) is 13.8 Å². The molecule has 2 atom stereocenters. The first-order chi connectivity index (χ1) is 9.85. The van der Waals surface area contributed by atoms with Gasteiger partial charge in [0, 0.05) is 22.6 Å². The minimum atomic E-state index is -3.45. The fourth-order valence-corrected chi connectivity index (χ4v) is 5.51. The molecule has 2 saturated heterocycles. The highest BCUT2D eigenvalue weighted by molar-refractivity contribution is 9.10. The van der Waals surface area contributed by atoms with E-state index < -0.39 is 10.0 Å². The maximum Gasteiger partial charge on any atom is 0.241 e. The van der Waals surface area contributed by atoms with Gasteiger partial charge < -0.3 is 5.32 Å². The number of fused-ring (bicyclic) bond motifs is 2. The molecule has 2 heterocycles. The van der Waals surface area contributed by atoms with Gasteiger partial charge in [-0.3, -0.25) is 0 Å². The van der Waals surface area contributed by atoms with E-state index in [9.17, 15) is 8.42 Å². The Morgan fingerprint density at radius 1 is 1.14 bits per heavy atom. The predicted molar refractivity (Wildman–Crippen MR) is 86.9 cm³/mol. The van der Waals surface area contributed by atoms with E-state index in [2.05, 4.69) is 26.0 Å². The van der Waals surface area contributed by atoms with Gasteiger partial charge in [-0.05, 0) is 62.8 Å². The van der Waals surface area contributed by atoms with Crippen LogP contribution in [0.4, 0.5) is 0 Å². The summed E-state index contributed by atoms with van der Waals surface area (Å²) in [4.78, 5) is 0.397. The molecule has 2 aliphatic rings. The summed E-state index contributed by atoms with van der Waals surface area (Å²) in [6, 6.07) is 4.62. The molecule has 21 heavy (non-hydrogen) atoms. The van der Waals surface area contributed by atoms with Crippen LogP contribution in [0.25, 0.3) is 0 Å². The summed E-state index contributed by atoms with van der Waals surface area (Å²) in [6.45, 7) is 3.75. The van der Waals surface area contributed by atoms with E-state index >= 15 is 0 Å². The second-order valence-electron chi connectivity index (χ2n) is 6.29. The van der Waals surface area contributed by atoms with Crippen molar-refractivity contribution in [3.8, 4) is 0 Å². The Labute approximate surface area is 134 Å². The zero-order chi connectivity index (χ0) is 15.2. The van der Waals surface area contributed by atoms with Gasteiger partial charge in [0.15, 0.2) is 0 Å². The zero-order valence-corrected chi connectivity index (χ0v) is 14.7. The van der Waals surface area contributed by atoms with Crippen molar-refractivity contribution in [3.05, 3.63) is 27.7 Å². The first-order valence-electron chi connectivity index (χ1n) is 7.40. The first kappa shape index (κ1) is 15.5.